The van der Waals surface area contributed by atoms with Crippen molar-refractivity contribution in [1.82, 2.24) is 24.9 Å². The summed E-state index contributed by atoms with van der Waals surface area (Å²) in [5, 5.41) is 8.41. The van der Waals surface area contributed by atoms with Crippen molar-refractivity contribution < 1.29 is 0 Å². The summed E-state index contributed by atoms with van der Waals surface area (Å²) in [6.45, 7) is 10.3. The Balaban J connectivity index is 1.26. The van der Waals surface area contributed by atoms with E-state index in [0.717, 1.165) is 37.6 Å². The standard InChI is InChI=1S/C21H34N6/c1-16-11-17(12-18-14-23-24-21(16)18)13-19(22)15-26-7-9-27(10-8-26)20-3-5-25(2)6-4-20/h11-12,14,19-20H,3-10,13,15,22H2,1-2H3,(H,23,24)/t19-/m1/s1. The number of piperidine rings is 1. The van der Waals surface area contributed by atoms with Crippen LogP contribution in [0.15, 0.2) is 18.3 Å². The van der Waals surface area contributed by atoms with Crippen molar-refractivity contribution >= 4 is 10.9 Å². The molecule has 0 aliphatic carbocycles. The summed E-state index contributed by atoms with van der Waals surface area (Å²) in [7, 11) is 2.24. The molecule has 1 aromatic heterocycles. The first-order valence-corrected chi connectivity index (χ1v) is 10.4. The third-order valence-corrected chi connectivity index (χ3v) is 6.41. The SMILES string of the molecule is Cc1cc(C[C@@H](N)CN2CCN(C3CCN(C)CC3)CC2)cc2cn[nH]c12. The smallest absolute Gasteiger partial charge is 0.0679 e. The van der Waals surface area contributed by atoms with E-state index in [2.05, 4.69) is 51.0 Å². The summed E-state index contributed by atoms with van der Waals surface area (Å²) in [5.74, 6) is 0. The lowest BCUT2D eigenvalue weighted by atomic mass is 10.0. The lowest BCUT2D eigenvalue weighted by Gasteiger charge is -2.42. The summed E-state index contributed by atoms with van der Waals surface area (Å²) >= 11 is 0. The molecule has 2 saturated heterocycles. The van der Waals surface area contributed by atoms with Gasteiger partial charge in [0.05, 0.1) is 11.7 Å². The zero-order valence-corrected chi connectivity index (χ0v) is 16.8. The topological polar surface area (TPSA) is 64.4 Å². The molecular formula is C21H34N6. The Morgan fingerprint density at radius 2 is 1.89 bits per heavy atom. The molecule has 0 saturated carbocycles. The van der Waals surface area contributed by atoms with E-state index in [9.17, 15) is 0 Å². The van der Waals surface area contributed by atoms with Gasteiger partial charge in [-0.25, -0.2) is 0 Å². The van der Waals surface area contributed by atoms with Crippen LogP contribution in [0.3, 0.4) is 0 Å². The van der Waals surface area contributed by atoms with Crippen LogP contribution in [0.2, 0.25) is 0 Å². The molecule has 0 spiro atoms. The molecule has 6 nitrogen and oxygen atoms in total. The average molecular weight is 371 g/mol. The first-order chi connectivity index (χ1) is 13.1. The quantitative estimate of drug-likeness (QED) is 0.834. The molecule has 1 atom stereocenters. The van der Waals surface area contributed by atoms with Gasteiger partial charge < -0.3 is 10.6 Å². The molecular weight excluding hydrogens is 336 g/mol. The molecule has 1 aromatic carbocycles. The average Bonchev–Trinajstić information content (AvgIpc) is 3.12. The number of aromatic nitrogens is 2. The number of aromatic amines is 1. The van der Waals surface area contributed by atoms with Crippen molar-refractivity contribution in [3.05, 3.63) is 29.5 Å². The fraction of sp³-hybridized carbons (Fsp3) is 0.667. The van der Waals surface area contributed by atoms with Crippen molar-refractivity contribution in [2.24, 2.45) is 5.73 Å². The maximum atomic E-state index is 6.51. The zero-order chi connectivity index (χ0) is 18.8. The van der Waals surface area contributed by atoms with Crippen LogP contribution >= 0.6 is 0 Å². The predicted molar refractivity (Wildman–Crippen MR) is 111 cm³/mol. The monoisotopic (exact) mass is 370 g/mol. The molecule has 27 heavy (non-hydrogen) atoms. The van der Waals surface area contributed by atoms with Gasteiger partial charge in [-0.1, -0.05) is 6.07 Å². The van der Waals surface area contributed by atoms with Gasteiger partial charge in [0, 0.05) is 50.2 Å². The Hall–Kier alpha value is -1.47. The van der Waals surface area contributed by atoms with E-state index in [-0.39, 0.29) is 6.04 Å². The number of likely N-dealkylation sites (tertiary alicyclic amines) is 1. The highest BCUT2D eigenvalue weighted by Gasteiger charge is 2.26. The second kappa shape index (κ2) is 8.27. The number of piperazine rings is 1. The van der Waals surface area contributed by atoms with Gasteiger partial charge in [0.25, 0.3) is 0 Å². The van der Waals surface area contributed by atoms with Crippen LogP contribution in [0.4, 0.5) is 0 Å². The van der Waals surface area contributed by atoms with Crippen molar-refractivity contribution in [2.45, 2.75) is 38.3 Å². The van der Waals surface area contributed by atoms with Crippen LogP contribution in [-0.2, 0) is 6.42 Å². The molecule has 3 N–H and O–H groups in total. The van der Waals surface area contributed by atoms with E-state index >= 15 is 0 Å². The Morgan fingerprint density at radius 1 is 1.15 bits per heavy atom. The minimum Gasteiger partial charge on any atom is -0.326 e. The molecule has 2 aliphatic rings. The number of fused-ring (bicyclic) bond motifs is 1. The number of aryl methyl sites for hydroxylation is 1. The second-order valence-electron chi connectivity index (χ2n) is 8.58. The molecule has 0 bridgehead atoms. The highest BCUT2D eigenvalue weighted by atomic mass is 15.3. The normalized spacial score (nSPS) is 22.5. The molecule has 0 amide bonds. The summed E-state index contributed by atoms with van der Waals surface area (Å²) in [4.78, 5) is 7.72. The van der Waals surface area contributed by atoms with Gasteiger partial charge in [0.15, 0.2) is 0 Å². The number of rotatable bonds is 5. The molecule has 4 rings (SSSR count). The van der Waals surface area contributed by atoms with Gasteiger partial charge in [-0.2, -0.15) is 5.10 Å². The van der Waals surface area contributed by atoms with Crippen LogP contribution in [0, 0.1) is 6.92 Å². The Kier molecular flexibility index (Phi) is 5.78. The molecule has 2 aliphatic heterocycles. The van der Waals surface area contributed by atoms with Crippen molar-refractivity contribution in [2.75, 3.05) is 52.9 Å². The number of nitrogens with two attached hydrogens (primary N) is 1. The van der Waals surface area contributed by atoms with E-state index in [1.54, 1.807) is 0 Å². The molecule has 2 aromatic rings. The Bertz CT molecular complexity index is 740. The van der Waals surface area contributed by atoms with Crippen LogP contribution in [0.25, 0.3) is 10.9 Å². The predicted octanol–water partition coefficient (Wildman–Crippen LogP) is 1.45. The summed E-state index contributed by atoms with van der Waals surface area (Å²) < 4.78 is 0. The van der Waals surface area contributed by atoms with E-state index in [4.69, 9.17) is 5.73 Å². The Morgan fingerprint density at radius 3 is 2.63 bits per heavy atom. The van der Waals surface area contributed by atoms with E-state index in [0.29, 0.717) is 0 Å². The number of nitrogens with zero attached hydrogens (tertiary/aromatic N) is 4. The number of hydrogen-bond donors (Lipinski definition) is 2. The van der Waals surface area contributed by atoms with Gasteiger partial charge in [-0.05, 0) is 63.5 Å². The van der Waals surface area contributed by atoms with Gasteiger partial charge >= 0.3 is 0 Å². The maximum Gasteiger partial charge on any atom is 0.0679 e. The minimum atomic E-state index is 0.184. The van der Waals surface area contributed by atoms with Crippen LogP contribution in [-0.4, -0.2) is 89.8 Å². The fourth-order valence-electron chi connectivity index (χ4n) is 4.80. The third-order valence-electron chi connectivity index (χ3n) is 6.41. The molecule has 3 heterocycles. The number of hydrogen-bond acceptors (Lipinski definition) is 5. The zero-order valence-electron chi connectivity index (χ0n) is 16.8. The van der Waals surface area contributed by atoms with Crippen molar-refractivity contribution in [3.63, 3.8) is 0 Å². The first kappa shape index (κ1) is 18.9. The maximum absolute atomic E-state index is 6.51. The number of nitrogens with one attached hydrogen (secondary N) is 1. The minimum absolute atomic E-state index is 0.184. The second-order valence-corrected chi connectivity index (χ2v) is 8.58. The Labute approximate surface area is 162 Å². The van der Waals surface area contributed by atoms with Crippen molar-refractivity contribution in [3.8, 4) is 0 Å². The number of H-pyrrole nitrogens is 1. The van der Waals surface area contributed by atoms with E-state index in [1.165, 1.54) is 55.5 Å². The lowest BCUT2D eigenvalue weighted by Crippen LogP contribution is -2.54. The first-order valence-electron chi connectivity index (χ1n) is 10.4. The van der Waals surface area contributed by atoms with E-state index in [1.807, 2.05) is 6.20 Å². The lowest BCUT2D eigenvalue weighted by molar-refractivity contribution is 0.0625. The van der Waals surface area contributed by atoms with Crippen LogP contribution < -0.4 is 5.73 Å². The molecule has 0 radical (unpaired) electrons. The molecule has 148 valence electrons. The van der Waals surface area contributed by atoms with Crippen LogP contribution in [0.1, 0.15) is 24.0 Å². The van der Waals surface area contributed by atoms with Gasteiger partial charge in [-0.3, -0.25) is 14.9 Å². The number of benzene rings is 1. The summed E-state index contributed by atoms with van der Waals surface area (Å²) in [5.41, 5.74) is 10.2. The van der Waals surface area contributed by atoms with Crippen LogP contribution in [0.5, 0.6) is 0 Å². The largest absolute Gasteiger partial charge is 0.326 e. The molecule has 2 fully saturated rings. The summed E-state index contributed by atoms with van der Waals surface area (Å²) in [6, 6.07) is 5.45. The fourth-order valence-corrected chi connectivity index (χ4v) is 4.80. The van der Waals surface area contributed by atoms with Crippen molar-refractivity contribution in [1.29, 1.82) is 0 Å². The summed E-state index contributed by atoms with van der Waals surface area (Å²) in [6.07, 6.45) is 5.48. The van der Waals surface area contributed by atoms with Gasteiger partial charge in [-0.15, -0.1) is 0 Å². The highest BCUT2D eigenvalue weighted by molar-refractivity contribution is 5.81. The van der Waals surface area contributed by atoms with Gasteiger partial charge in [0.2, 0.25) is 0 Å². The van der Waals surface area contributed by atoms with Gasteiger partial charge in [0.1, 0.15) is 0 Å². The highest BCUT2D eigenvalue weighted by Crippen LogP contribution is 2.20. The third kappa shape index (κ3) is 4.51. The molecule has 0 unspecified atom stereocenters. The molecule has 6 heteroatoms. The van der Waals surface area contributed by atoms with E-state index < -0.39 is 0 Å².